The van der Waals surface area contributed by atoms with Crippen LogP contribution in [0.4, 0.5) is 0 Å². The number of carbonyl (C=O) groups is 2. The predicted molar refractivity (Wildman–Crippen MR) is 115 cm³/mol. The van der Waals surface area contributed by atoms with Gasteiger partial charge in [0.05, 0.1) is 19.3 Å². The number of benzene rings is 2. The molecule has 0 fully saturated rings. The molecule has 0 bridgehead atoms. The maximum absolute atomic E-state index is 12.4. The van der Waals surface area contributed by atoms with E-state index in [-0.39, 0.29) is 11.7 Å². The summed E-state index contributed by atoms with van der Waals surface area (Å²) in [6.45, 7) is 1.99. The average Bonchev–Trinajstić information content (AvgIpc) is 2.72. The average molecular weight is 482 g/mol. The van der Waals surface area contributed by atoms with Gasteiger partial charge in [0.2, 0.25) is 0 Å². The van der Waals surface area contributed by atoms with E-state index in [9.17, 15) is 9.59 Å². The Morgan fingerprint density at radius 1 is 1.03 bits per heavy atom. The van der Waals surface area contributed by atoms with Crippen molar-refractivity contribution in [1.29, 1.82) is 0 Å². The van der Waals surface area contributed by atoms with Crippen molar-refractivity contribution in [1.82, 2.24) is 16.2 Å². The minimum Gasteiger partial charge on any atom is -0.497 e. The van der Waals surface area contributed by atoms with E-state index in [0.717, 1.165) is 0 Å². The van der Waals surface area contributed by atoms with E-state index in [2.05, 4.69) is 32.1 Å². The highest BCUT2D eigenvalue weighted by atomic mass is 79.9. The van der Waals surface area contributed by atoms with Crippen LogP contribution in [0.5, 0.6) is 17.2 Å². The predicted octanol–water partition coefficient (Wildman–Crippen LogP) is 2.57. The fraction of sp³-hybridized carbons (Fsp3) is 0.211. The van der Waals surface area contributed by atoms with Crippen LogP contribution in [0.25, 0.3) is 0 Å². The van der Waals surface area contributed by atoms with Crippen molar-refractivity contribution in [3.05, 3.63) is 52.5 Å². The molecule has 2 aromatic carbocycles. The first kappa shape index (κ1) is 22.4. The number of rotatable bonds is 7. The smallest absolute Gasteiger partial charge is 0.276 e. The number of carbonyl (C=O) groups excluding carboxylic acids is 2. The van der Waals surface area contributed by atoms with Gasteiger partial charge in [-0.05, 0) is 61.6 Å². The summed E-state index contributed by atoms with van der Waals surface area (Å²) in [5, 5.41) is 2.40. The Morgan fingerprint density at radius 2 is 1.72 bits per heavy atom. The topological polar surface area (TPSA) is 97.9 Å². The minimum absolute atomic E-state index is 0.0739. The van der Waals surface area contributed by atoms with Gasteiger partial charge in [-0.15, -0.1) is 0 Å². The highest BCUT2D eigenvalue weighted by molar-refractivity contribution is 9.10. The third-order valence-electron chi connectivity index (χ3n) is 3.46. The van der Waals surface area contributed by atoms with Crippen LogP contribution in [0.2, 0.25) is 0 Å². The zero-order valence-corrected chi connectivity index (χ0v) is 18.2. The summed E-state index contributed by atoms with van der Waals surface area (Å²) in [5.41, 5.74) is 5.10. The van der Waals surface area contributed by atoms with E-state index in [1.54, 1.807) is 49.6 Å². The van der Waals surface area contributed by atoms with Crippen LogP contribution in [0, 0.1) is 0 Å². The second kappa shape index (κ2) is 11.2. The molecule has 154 valence electrons. The van der Waals surface area contributed by atoms with Crippen molar-refractivity contribution in [2.24, 2.45) is 0 Å². The molecule has 0 saturated carbocycles. The Hall–Kier alpha value is -2.85. The first-order valence-corrected chi connectivity index (χ1v) is 9.72. The molecular formula is C19H20BrN3O5S. The summed E-state index contributed by atoms with van der Waals surface area (Å²) >= 11 is 8.34. The molecule has 0 saturated heterocycles. The molecule has 0 radical (unpaired) electrons. The third kappa shape index (κ3) is 7.24. The second-order valence-electron chi connectivity index (χ2n) is 5.49. The van der Waals surface area contributed by atoms with E-state index < -0.39 is 11.8 Å². The number of amides is 2. The molecule has 2 amide bonds. The lowest BCUT2D eigenvalue weighted by atomic mass is 10.2. The largest absolute Gasteiger partial charge is 0.497 e. The Balaban J connectivity index is 1.80. The van der Waals surface area contributed by atoms with Gasteiger partial charge in [0, 0.05) is 4.47 Å². The molecular weight excluding hydrogens is 462 g/mol. The number of thiocarbonyl (C=S) groups is 1. The molecule has 0 aliphatic carbocycles. The van der Waals surface area contributed by atoms with Crippen LogP contribution in [-0.4, -0.2) is 37.3 Å². The summed E-state index contributed by atoms with van der Waals surface area (Å²) in [7, 11) is 1.56. The third-order valence-corrected chi connectivity index (χ3v) is 4.16. The SMILES string of the molecule is CCOc1ccc(Br)cc1C(=O)NC(=S)NNC(=O)COc1ccc(OC)cc1. The summed E-state index contributed by atoms with van der Waals surface area (Å²) in [6.07, 6.45) is 0. The molecule has 3 N–H and O–H groups in total. The molecule has 0 aromatic heterocycles. The van der Waals surface area contributed by atoms with Gasteiger partial charge in [-0.1, -0.05) is 15.9 Å². The van der Waals surface area contributed by atoms with Crippen LogP contribution in [0.15, 0.2) is 46.9 Å². The van der Waals surface area contributed by atoms with E-state index >= 15 is 0 Å². The molecule has 0 heterocycles. The van der Waals surface area contributed by atoms with Gasteiger partial charge in [0.1, 0.15) is 17.2 Å². The molecule has 0 aliphatic heterocycles. The van der Waals surface area contributed by atoms with Gasteiger partial charge in [-0.2, -0.15) is 0 Å². The Labute approximate surface area is 182 Å². The molecule has 2 rings (SSSR count). The quantitative estimate of drug-likeness (QED) is 0.412. The Bertz CT molecular complexity index is 877. The molecule has 29 heavy (non-hydrogen) atoms. The van der Waals surface area contributed by atoms with Crippen molar-refractivity contribution in [2.75, 3.05) is 20.3 Å². The fourth-order valence-electron chi connectivity index (χ4n) is 2.15. The number of hydrazine groups is 1. The standard InChI is InChI=1S/C19H20BrN3O5S/c1-3-27-16-9-4-12(20)10-15(16)18(25)21-19(29)23-22-17(24)11-28-14-7-5-13(26-2)6-8-14/h4-10H,3,11H2,1-2H3,(H,22,24)(H2,21,23,25,29). The first-order valence-electron chi connectivity index (χ1n) is 8.52. The second-order valence-corrected chi connectivity index (χ2v) is 6.82. The monoisotopic (exact) mass is 481 g/mol. The highest BCUT2D eigenvalue weighted by Crippen LogP contribution is 2.23. The van der Waals surface area contributed by atoms with E-state index in [4.69, 9.17) is 26.4 Å². The van der Waals surface area contributed by atoms with Crippen molar-refractivity contribution >= 4 is 45.1 Å². The van der Waals surface area contributed by atoms with Gasteiger partial charge < -0.3 is 14.2 Å². The Kier molecular flexibility index (Phi) is 8.68. The van der Waals surface area contributed by atoms with Crippen LogP contribution >= 0.6 is 28.1 Å². The zero-order valence-electron chi connectivity index (χ0n) is 15.8. The van der Waals surface area contributed by atoms with E-state index in [1.807, 2.05) is 6.92 Å². The minimum atomic E-state index is -0.477. The number of methoxy groups -OCH3 is 1. The number of nitrogens with one attached hydrogen (secondary N) is 3. The van der Waals surface area contributed by atoms with Crippen LogP contribution < -0.4 is 30.4 Å². The number of ether oxygens (including phenoxy) is 3. The summed E-state index contributed by atoms with van der Waals surface area (Å²) in [5.74, 6) is 0.663. The number of hydrogen-bond donors (Lipinski definition) is 3. The summed E-state index contributed by atoms with van der Waals surface area (Å²) in [4.78, 5) is 24.3. The molecule has 0 aliphatic rings. The van der Waals surface area contributed by atoms with Crippen molar-refractivity contribution in [3.63, 3.8) is 0 Å². The van der Waals surface area contributed by atoms with Crippen molar-refractivity contribution < 1.29 is 23.8 Å². The maximum atomic E-state index is 12.4. The molecule has 10 heteroatoms. The molecule has 0 atom stereocenters. The van der Waals surface area contributed by atoms with Crippen LogP contribution in [0.3, 0.4) is 0 Å². The van der Waals surface area contributed by atoms with Crippen molar-refractivity contribution in [2.45, 2.75) is 6.92 Å². The van der Waals surface area contributed by atoms with Gasteiger partial charge in [-0.3, -0.25) is 25.8 Å². The van der Waals surface area contributed by atoms with Crippen LogP contribution in [0.1, 0.15) is 17.3 Å². The lowest BCUT2D eigenvalue weighted by Gasteiger charge is -2.13. The van der Waals surface area contributed by atoms with Gasteiger partial charge in [0.15, 0.2) is 11.7 Å². The van der Waals surface area contributed by atoms with Gasteiger partial charge >= 0.3 is 0 Å². The number of hydrogen-bond acceptors (Lipinski definition) is 6. The molecule has 0 unspecified atom stereocenters. The van der Waals surface area contributed by atoms with Crippen LogP contribution in [-0.2, 0) is 4.79 Å². The van der Waals surface area contributed by atoms with Gasteiger partial charge in [-0.25, -0.2) is 0 Å². The summed E-state index contributed by atoms with van der Waals surface area (Å²) < 4.78 is 16.6. The summed E-state index contributed by atoms with van der Waals surface area (Å²) in [6, 6.07) is 11.8. The molecule has 2 aromatic rings. The number of halogens is 1. The molecule has 0 spiro atoms. The molecule has 8 nitrogen and oxygen atoms in total. The van der Waals surface area contributed by atoms with Gasteiger partial charge in [0.25, 0.3) is 11.8 Å². The van der Waals surface area contributed by atoms with E-state index in [1.165, 1.54) is 0 Å². The maximum Gasteiger partial charge on any atom is 0.276 e. The zero-order chi connectivity index (χ0) is 21.2. The normalized spacial score (nSPS) is 9.90. The fourth-order valence-corrected chi connectivity index (χ4v) is 2.65. The first-order chi connectivity index (χ1) is 13.9. The lowest BCUT2D eigenvalue weighted by molar-refractivity contribution is -0.123. The lowest BCUT2D eigenvalue weighted by Crippen LogP contribution is -2.49. The highest BCUT2D eigenvalue weighted by Gasteiger charge is 2.15. The van der Waals surface area contributed by atoms with Crippen molar-refractivity contribution in [3.8, 4) is 17.2 Å². The Morgan fingerprint density at radius 3 is 2.38 bits per heavy atom. The van der Waals surface area contributed by atoms with E-state index in [0.29, 0.717) is 33.9 Å².